The molecule has 3 rings (SSSR count). The summed E-state index contributed by atoms with van der Waals surface area (Å²) in [6.07, 6.45) is 7.31. The Kier molecular flexibility index (Phi) is 4.68. The lowest BCUT2D eigenvalue weighted by molar-refractivity contribution is 0.215. The summed E-state index contributed by atoms with van der Waals surface area (Å²) in [5.74, 6) is 2.70. The van der Waals surface area contributed by atoms with Crippen LogP contribution < -0.4 is 14.4 Å². The van der Waals surface area contributed by atoms with E-state index in [1.165, 1.54) is 0 Å². The number of ether oxygens (including phenoxy) is 2. The van der Waals surface area contributed by atoms with E-state index in [1.807, 2.05) is 18.2 Å². The zero-order valence-corrected chi connectivity index (χ0v) is 12.7. The monoisotopic (exact) mass is 300 g/mol. The van der Waals surface area contributed by atoms with E-state index in [-0.39, 0.29) is 0 Å². The van der Waals surface area contributed by atoms with Crippen LogP contribution in [0.2, 0.25) is 0 Å². The lowest BCUT2D eigenvalue weighted by atomic mass is 9.98. The SMILES string of the molecule is COc1cnc(N2CCC(COc3ccccn3)CC2)nc1. The molecule has 0 N–H and O–H groups in total. The van der Waals surface area contributed by atoms with Crippen molar-refractivity contribution in [3.63, 3.8) is 0 Å². The largest absolute Gasteiger partial charge is 0.494 e. The van der Waals surface area contributed by atoms with E-state index in [1.54, 1.807) is 25.7 Å². The van der Waals surface area contributed by atoms with E-state index >= 15 is 0 Å². The highest BCUT2D eigenvalue weighted by molar-refractivity contribution is 5.31. The number of hydrogen-bond donors (Lipinski definition) is 0. The summed E-state index contributed by atoms with van der Waals surface area (Å²) >= 11 is 0. The minimum atomic E-state index is 0.552. The smallest absolute Gasteiger partial charge is 0.225 e. The van der Waals surface area contributed by atoms with Gasteiger partial charge in [0.25, 0.3) is 0 Å². The van der Waals surface area contributed by atoms with E-state index in [4.69, 9.17) is 9.47 Å². The maximum Gasteiger partial charge on any atom is 0.225 e. The standard InChI is InChI=1S/C16H20N4O2/c1-21-14-10-18-16(19-11-14)20-8-5-13(6-9-20)12-22-15-4-2-3-7-17-15/h2-4,7,10-11,13H,5-6,8-9,12H2,1H3. The van der Waals surface area contributed by atoms with Crippen molar-refractivity contribution < 1.29 is 9.47 Å². The van der Waals surface area contributed by atoms with Gasteiger partial charge >= 0.3 is 0 Å². The number of methoxy groups -OCH3 is 1. The van der Waals surface area contributed by atoms with Gasteiger partial charge in [-0.25, -0.2) is 15.0 Å². The molecule has 1 saturated heterocycles. The van der Waals surface area contributed by atoms with Crippen molar-refractivity contribution in [1.82, 2.24) is 15.0 Å². The highest BCUT2D eigenvalue weighted by Crippen LogP contribution is 2.22. The lowest BCUT2D eigenvalue weighted by Crippen LogP contribution is -2.36. The molecule has 0 atom stereocenters. The van der Waals surface area contributed by atoms with Gasteiger partial charge in [-0.1, -0.05) is 6.07 Å². The maximum atomic E-state index is 5.74. The molecular weight excluding hydrogens is 280 g/mol. The van der Waals surface area contributed by atoms with Gasteiger partial charge in [-0.3, -0.25) is 0 Å². The van der Waals surface area contributed by atoms with Crippen molar-refractivity contribution in [3.05, 3.63) is 36.8 Å². The van der Waals surface area contributed by atoms with Crippen LogP contribution in [0.15, 0.2) is 36.8 Å². The van der Waals surface area contributed by atoms with Gasteiger partial charge in [0.05, 0.1) is 26.1 Å². The second kappa shape index (κ2) is 7.06. The Hall–Kier alpha value is -2.37. The number of nitrogens with zero attached hydrogens (tertiary/aromatic N) is 4. The number of rotatable bonds is 5. The Balaban J connectivity index is 1.47. The minimum absolute atomic E-state index is 0.552. The fraction of sp³-hybridized carbons (Fsp3) is 0.438. The number of anilines is 1. The first-order chi connectivity index (χ1) is 10.8. The average molecular weight is 300 g/mol. The Labute approximate surface area is 130 Å². The van der Waals surface area contributed by atoms with Gasteiger partial charge < -0.3 is 14.4 Å². The van der Waals surface area contributed by atoms with Crippen LogP contribution in [0.3, 0.4) is 0 Å². The first-order valence-electron chi connectivity index (χ1n) is 7.50. The Morgan fingerprint density at radius 3 is 2.55 bits per heavy atom. The van der Waals surface area contributed by atoms with E-state index in [0.29, 0.717) is 24.2 Å². The van der Waals surface area contributed by atoms with E-state index in [2.05, 4.69) is 19.9 Å². The summed E-state index contributed by atoms with van der Waals surface area (Å²) < 4.78 is 10.8. The van der Waals surface area contributed by atoms with Gasteiger partial charge in [-0.2, -0.15) is 0 Å². The van der Waals surface area contributed by atoms with Crippen molar-refractivity contribution in [3.8, 4) is 11.6 Å². The molecule has 3 heterocycles. The number of hydrogen-bond acceptors (Lipinski definition) is 6. The summed E-state index contributed by atoms with van der Waals surface area (Å²) in [6.45, 7) is 2.61. The van der Waals surface area contributed by atoms with Crippen molar-refractivity contribution in [2.75, 3.05) is 31.7 Å². The minimum Gasteiger partial charge on any atom is -0.494 e. The molecule has 0 aliphatic carbocycles. The Morgan fingerprint density at radius 1 is 1.14 bits per heavy atom. The molecule has 1 aliphatic rings. The maximum absolute atomic E-state index is 5.74. The molecule has 116 valence electrons. The predicted octanol–water partition coefficient (Wildman–Crippen LogP) is 2.18. The Bertz CT molecular complexity index is 568. The summed E-state index contributed by atoms with van der Waals surface area (Å²) in [7, 11) is 1.62. The third-order valence-corrected chi connectivity index (χ3v) is 3.85. The fourth-order valence-corrected chi connectivity index (χ4v) is 2.51. The molecule has 0 unspecified atom stereocenters. The molecule has 0 bridgehead atoms. The molecule has 0 radical (unpaired) electrons. The molecule has 0 amide bonds. The van der Waals surface area contributed by atoms with Crippen LogP contribution >= 0.6 is 0 Å². The van der Waals surface area contributed by atoms with Crippen LogP contribution in [-0.4, -0.2) is 41.8 Å². The molecule has 1 aliphatic heterocycles. The van der Waals surface area contributed by atoms with Crippen molar-refractivity contribution in [2.45, 2.75) is 12.8 Å². The van der Waals surface area contributed by atoms with Crippen molar-refractivity contribution in [1.29, 1.82) is 0 Å². The van der Waals surface area contributed by atoms with Crippen LogP contribution in [0.1, 0.15) is 12.8 Å². The van der Waals surface area contributed by atoms with Crippen LogP contribution in [-0.2, 0) is 0 Å². The van der Waals surface area contributed by atoms with Gasteiger partial charge in [-0.05, 0) is 24.8 Å². The molecule has 2 aromatic rings. The summed E-state index contributed by atoms with van der Waals surface area (Å²) in [5.41, 5.74) is 0. The molecule has 0 aromatic carbocycles. The molecule has 6 nitrogen and oxygen atoms in total. The summed E-state index contributed by atoms with van der Waals surface area (Å²) in [6, 6.07) is 5.71. The first-order valence-corrected chi connectivity index (χ1v) is 7.50. The van der Waals surface area contributed by atoms with Crippen molar-refractivity contribution >= 4 is 5.95 Å². The summed E-state index contributed by atoms with van der Waals surface area (Å²) in [5, 5.41) is 0. The van der Waals surface area contributed by atoms with Crippen LogP contribution in [0, 0.1) is 5.92 Å². The highest BCUT2D eigenvalue weighted by Gasteiger charge is 2.21. The van der Waals surface area contributed by atoms with E-state index in [0.717, 1.165) is 31.9 Å². The molecule has 1 fully saturated rings. The van der Waals surface area contributed by atoms with Gasteiger partial charge in [0, 0.05) is 25.4 Å². The third kappa shape index (κ3) is 3.63. The normalized spacial score (nSPS) is 15.6. The van der Waals surface area contributed by atoms with E-state index < -0.39 is 0 Å². The number of aromatic nitrogens is 3. The molecule has 2 aromatic heterocycles. The van der Waals surface area contributed by atoms with Crippen molar-refractivity contribution in [2.24, 2.45) is 5.92 Å². The zero-order valence-electron chi connectivity index (χ0n) is 12.7. The molecule has 0 spiro atoms. The lowest BCUT2D eigenvalue weighted by Gasteiger charge is -2.31. The third-order valence-electron chi connectivity index (χ3n) is 3.85. The van der Waals surface area contributed by atoms with Gasteiger partial charge in [0.15, 0.2) is 5.75 Å². The Morgan fingerprint density at radius 2 is 1.91 bits per heavy atom. The average Bonchev–Trinajstić information content (AvgIpc) is 2.61. The van der Waals surface area contributed by atoms with Crippen LogP contribution in [0.4, 0.5) is 5.95 Å². The fourth-order valence-electron chi connectivity index (χ4n) is 2.51. The van der Waals surface area contributed by atoms with Gasteiger partial charge in [-0.15, -0.1) is 0 Å². The molecule has 6 heteroatoms. The number of pyridine rings is 1. The predicted molar refractivity (Wildman–Crippen MR) is 83.3 cm³/mol. The topological polar surface area (TPSA) is 60.4 Å². The quantitative estimate of drug-likeness (QED) is 0.843. The van der Waals surface area contributed by atoms with Crippen LogP contribution in [0.5, 0.6) is 11.6 Å². The first kappa shape index (κ1) is 14.6. The molecule has 22 heavy (non-hydrogen) atoms. The number of piperidine rings is 1. The van der Waals surface area contributed by atoms with Gasteiger partial charge in [0.2, 0.25) is 11.8 Å². The molecule has 0 saturated carbocycles. The molecular formula is C16H20N4O2. The highest BCUT2D eigenvalue weighted by atomic mass is 16.5. The van der Waals surface area contributed by atoms with Crippen LogP contribution in [0.25, 0.3) is 0 Å². The second-order valence-electron chi connectivity index (χ2n) is 5.33. The van der Waals surface area contributed by atoms with E-state index in [9.17, 15) is 0 Å². The van der Waals surface area contributed by atoms with Gasteiger partial charge in [0.1, 0.15) is 0 Å². The zero-order chi connectivity index (χ0) is 15.2. The summed E-state index contributed by atoms with van der Waals surface area (Å²) in [4.78, 5) is 15.1. The second-order valence-corrected chi connectivity index (χ2v) is 5.33.